The maximum Gasteiger partial charge on any atom is 0.335 e. The molecule has 4 aromatic carbocycles. The minimum atomic E-state index is -1.01. The molecule has 1 heterocycles. The molecule has 0 unspecified atom stereocenters. The fraction of sp³-hybridized carbons (Fsp3) is 0.200. The SMILES string of the molecule is CCOc1cc(C)c(-c2nc3ccccc3c(=O)n2N=Cc2cc(Cl)c(OCc3ccc(C(=O)O)cc3)c(Cl)c2)cc1C(C)C. The second-order valence-corrected chi connectivity index (χ2v) is 11.5. The highest BCUT2D eigenvalue weighted by Gasteiger charge is 2.19. The average molecular weight is 645 g/mol. The van der Waals surface area contributed by atoms with Crippen LogP contribution in [0.4, 0.5) is 0 Å². The number of hydrogen-bond acceptors (Lipinski definition) is 6. The lowest BCUT2D eigenvalue weighted by atomic mass is 9.96. The molecule has 0 saturated heterocycles. The molecule has 0 aliphatic carbocycles. The van der Waals surface area contributed by atoms with Crippen molar-refractivity contribution in [3.05, 3.63) is 121 Å². The van der Waals surface area contributed by atoms with Crippen LogP contribution in [0.2, 0.25) is 10.0 Å². The van der Waals surface area contributed by atoms with Crippen LogP contribution in [0.3, 0.4) is 0 Å². The molecule has 10 heteroatoms. The Bertz CT molecular complexity index is 1960. The fourth-order valence-corrected chi connectivity index (χ4v) is 5.50. The first-order valence-corrected chi connectivity index (χ1v) is 15.1. The van der Waals surface area contributed by atoms with Crippen LogP contribution in [0, 0.1) is 6.92 Å². The quantitative estimate of drug-likeness (QED) is 0.153. The number of nitrogens with zero attached hydrogens (tertiary/aromatic N) is 3. The lowest BCUT2D eigenvalue weighted by molar-refractivity contribution is 0.0697. The van der Waals surface area contributed by atoms with E-state index >= 15 is 0 Å². The van der Waals surface area contributed by atoms with E-state index in [2.05, 4.69) is 18.9 Å². The van der Waals surface area contributed by atoms with Gasteiger partial charge in [0.25, 0.3) is 5.56 Å². The Kier molecular flexibility index (Phi) is 9.56. The smallest absolute Gasteiger partial charge is 0.335 e. The van der Waals surface area contributed by atoms with Crippen LogP contribution in [-0.4, -0.2) is 33.6 Å². The van der Waals surface area contributed by atoms with Gasteiger partial charge in [-0.3, -0.25) is 4.79 Å². The number of rotatable bonds is 10. The Morgan fingerprint density at radius 2 is 1.71 bits per heavy atom. The molecule has 1 aromatic heterocycles. The summed E-state index contributed by atoms with van der Waals surface area (Å²) in [4.78, 5) is 29.8. The summed E-state index contributed by atoms with van der Waals surface area (Å²) in [5.41, 5.74) is 4.37. The van der Waals surface area contributed by atoms with Gasteiger partial charge in [-0.1, -0.05) is 61.3 Å². The van der Waals surface area contributed by atoms with E-state index in [1.165, 1.54) is 23.0 Å². The number of fused-ring (bicyclic) bond motifs is 1. The molecule has 1 N–H and O–H groups in total. The molecule has 0 aliphatic rings. The third-order valence-electron chi connectivity index (χ3n) is 7.20. The Hall–Kier alpha value is -4.66. The van der Waals surface area contributed by atoms with Crippen LogP contribution in [-0.2, 0) is 6.61 Å². The summed E-state index contributed by atoms with van der Waals surface area (Å²) in [6, 6.07) is 20.7. The number of carbonyl (C=O) groups is 1. The maximum absolute atomic E-state index is 13.8. The van der Waals surface area contributed by atoms with Gasteiger partial charge in [0.05, 0.1) is 39.3 Å². The molecule has 5 rings (SSSR count). The van der Waals surface area contributed by atoms with Crippen LogP contribution in [0.1, 0.15) is 59.3 Å². The van der Waals surface area contributed by atoms with Gasteiger partial charge in [0.1, 0.15) is 12.4 Å². The summed E-state index contributed by atoms with van der Waals surface area (Å²) < 4.78 is 13.1. The molecular formula is C35H31Cl2N3O5. The highest BCUT2D eigenvalue weighted by molar-refractivity contribution is 6.37. The Labute approximate surface area is 270 Å². The maximum atomic E-state index is 13.8. The molecular weight excluding hydrogens is 613 g/mol. The summed E-state index contributed by atoms with van der Waals surface area (Å²) >= 11 is 13.1. The van der Waals surface area contributed by atoms with E-state index in [1.54, 1.807) is 42.5 Å². The molecule has 45 heavy (non-hydrogen) atoms. The zero-order valence-electron chi connectivity index (χ0n) is 25.2. The molecule has 230 valence electrons. The number of aryl methyl sites for hydroxylation is 1. The summed E-state index contributed by atoms with van der Waals surface area (Å²) in [5, 5.41) is 14.6. The number of hydrogen-bond donors (Lipinski definition) is 1. The van der Waals surface area contributed by atoms with E-state index in [1.807, 2.05) is 32.0 Å². The van der Waals surface area contributed by atoms with Gasteiger partial charge >= 0.3 is 5.97 Å². The topological polar surface area (TPSA) is 103 Å². The predicted octanol–water partition coefficient (Wildman–Crippen LogP) is 8.36. The summed E-state index contributed by atoms with van der Waals surface area (Å²) in [6.07, 6.45) is 1.50. The van der Waals surface area contributed by atoms with Crippen LogP contribution < -0.4 is 15.0 Å². The third kappa shape index (κ3) is 6.87. The van der Waals surface area contributed by atoms with Crippen LogP contribution in [0.25, 0.3) is 22.3 Å². The highest BCUT2D eigenvalue weighted by Crippen LogP contribution is 2.36. The highest BCUT2D eigenvalue weighted by atomic mass is 35.5. The molecule has 0 aliphatic heterocycles. The normalized spacial score (nSPS) is 11.4. The molecule has 0 atom stereocenters. The standard InChI is InChI=1S/C35H31Cl2N3O5/c1-5-44-31-14-21(4)27(17-26(31)20(2)3)33-39-30-9-7-6-8-25(30)34(41)40(33)38-18-23-15-28(36)32(29(37)16-23)45-19-22-10-12-24(13-11-22)35(42)43/h6-18,20H,5,19H2,1-4H3,(H,42,43). The molecule has 0 spiro atoms. The monoisotopic (exact) mass is 643 g/mol. The number of carboxylic acids is 1. The number of aromatic carboxylic acids is 1. The number of benzene rings is 4. The lowest BCUT2D eigenvalue weighted by Gasteiger charge is -2.18. The molecule has 0 bridgehead atoms. The molecule has 0 fully saturated rings. The van der Waals surface area contributed by atoms with Crippen molar-refractivity contribution >= 4 is 46.3 Å². The molecule has 0 saturated carbocycles. The molecule has 8 nitrogen and oxygen atoms in total. The third-order valence-corrected chi connectivity index (χ3v) is 7.76. The Balaban J connectivity index is 1.53. The van der Waals surface area contributed by atoms with Crippen molar-refractivity contribution in [1.29, 1.82) is 0 Å². The van der Waals surface area contributed by atoms with Gasteiger partial charge in [-0.25, -0.2) is 9.78 Å². The van der Waals surface area contributed by atoms with Gasteiger partial charge in [0.2, 0.25) is 0 Å². The van der Waals surface area contributed by atoms with Crippen molar-refractivity contribution in [3.63, 3.8) is 0 Å². The van der Waals surface area contributed by atoms with Crippen LogP contribution in [0.5, 0.6) is 11.5 Å². The van der Waals surface area contributed by atoms with E-state index in [0.717, 1.165) is 28.0 Å². The van der Waals surface area contributed by atoms with E-state index in [4.69, 9.17) is 42.8 Å². The lowest BCUT2D eigenvalue weighted by Crippen LogP contribution is -2.21. The van der Waals surface area contributed by atoms with Crippen molar-refractivity contribution in [2.24, 2.45) is 5.10 Å². The molecule has 0 amide bonds. The van der Waals surface area contributed by atoms with Crippen LogP contribution >= 0.6 is 23.2 Å². The largest absolute Gasteiger partial charge is 0.494 e. The Morgan fingerprint density at radius 3 is 2.36 bits per heavy atom. The van der Waals surface area contributed by atoms with Gasteiger partial charge in [-0.15, -0.1) is 0 Å². The minimum Gasteiger partial charge on any atom is -0.494 e. The van der Waals surface area contributed by atoms with Gasteiger partial charge < -0.3 is 14.6 Å². The minimum absolute atomic E-state index is 0.133. The van der Waals surface area contributed by atoms with Gasteiger partial charge in [-0.05, 0) is 90.6 Å². The van der Waals surface area contributed by atoms with Gasteiger partial charge in [-0.2, -0.15) is 9.78 Å². The first kappa shape index (κ1) is 31.8. The van der Waals surface area contributed by atoms with Crippen molar-refractivity contribution in [1.82, 2.24) is 9.66 Å². The summed E-state index contributed by atoms with van der Waals surface area (Å²) in [5.74, 6) is 0.632. The van der Waals surface area contributed by atoms with Crippen molar-refractivity contribution in [2.75, 3.05) is 6.61 Å². The van der Waals surface area contributed by atoms with Gasteiger partial charge in [0, 0.05) is 5.56 Å². The van der Waals surface area contributed by atoms with E-state index in [-0.39, 0.29) is 39.4 Å². The molecule has 0 radical (unpaired) electrons. The van der Waals surface area contributed by atoms with Crippen molar-refractivity contribution < 1.29 is 19.4 Å². The van der Waals surface area contributed by atoms with E-state index in [9.17, 15) is 9.59 Å². The number of carboxylic acid groups (broad SMARTS) is 1. The first-order chi connectivity index (χ1) is 21.6. The number of ether oxygens (including phenoxy) is 2. The van der Waals surface area contributed by atoms with Crippen molar-refractivity contribution in [2.45, 2.75) is 40.2 Å². The van der Waals surface area contributed by atoms with Crippen molar-refractivity contribution in [3.8, 4) is 22.9 Å². The average Bonchev–Trinajstić information content (AvgIpc) is 3.00. The Morgan fingerprint density at radius 1 is 1.02 bits per heavy atom. The second-order valence-electron chi connectivity index (χ2n) is 10.7. The zero-order chi connectivity index (χ0) is 32.2. The second kappa shape index (κ2) is 13.5. The zero-order valence-corrected chi connectivity index (χ0v) is 26.7. The van der Waals surface area contributed by atoms with Crippen LogP contribution in [0.15, 0.2) is 82.7 Å². The van der Waals surface area contributed by atoms with E-state index in [0.29, 0.717) is 28.9 Å². The summed E-state index contributed by atoms with van der Waals surface area (Å²) in [6.45, 7) is 8.75. The first-order valence-electron chi connectivity index (χ1n) is 14.3. The fourth-order valence-electron chi connectivity index (χ4n) is 4.89. The van der Waals surface area contributed by atoms with Gasteiger partial charge in [0.15, 0.2) is 11.6 Å². The summed E-state index contributed by atoms with van der Waals surface area (Å²) in [7, 11) is 0. The predicted molar refractivity (Wildman–Crippen MR) is 179 cm³/mol. The number of para-hydroxylation sites is 1. The van der Waals surface area contributed by atoms with E-state index < -0.39 is 5.97 Å². The molecule has 5 aromatic rings. The number of halogens is 2. The number of aromatic nitrogens is 2.